The van der Waals surface area contributed by atoms with Gasteiger partial charge in [-0.25, -0.2) is 0 Å². The summed E-state index contributed by atoms with van der Waals surface area (Å²) in [6.07, 6.45) is 0.850. The highest BCUT2D eigenvalue weighted by atomic mass is 79.9. The molecule has 1 unspecified atom stereocenters. The van der Waals surface area contributed by atoms with Crippen LogP contribution in [-0.4, -0.2) is 15.3 Å². The number of aromatic hydroxyl groups is 1. The number of hydrogen-bond donors (Lipinski definition) is 2. The Morgan fingerprint density at radius 3 is 2.83 bits per heavy atom. The van der Waals surface area contributed by atoms with E-state index in [-0.39, 0.29) is 6.04 Å². The molecule has 2 rings (SSSR count). The van der Waals surface area contributed by atoms with Gasteiger partial charge < -0.3 is 10.4 Å². The number of nitrogens with zero attached hydrogens (tertiary/aromatic N) is 2. The van der Waals surface area contributed by atoms with Gasteiger partial charge in [0.15, 0.2) is 0 Å². The van der Waals surface area contributed by atoms with Crippen LogP contribution in [0.3, 0.4) is 0 Å². The van der Waals surface area contributed by atoms with Crippen LogP contribution in [0.1, 0.15) is 30.0 Å². The number of rotatable bonds is 4. The first-order valence-electron chi connectivity index (χ1n) is 5.65. The Morgan fingerprint density at radius 1 is 1.44 bits per heavy atom. The first-order chi connectivity index (χ1) is 8.60. The van der Waals surface area contributed by atoms with E-state index in [0.717, 1.165) is 26.6 Å². The van der Waals surface area contributed by atoms with Crippen molar-refractivity contribution in [2.75, 3.05) is 5.32 Å². The molecule has 0 aliphatic carbocycles. The lowest BCUT2D eigenvalue weighted by atomic mass is 10.0. The van der Waals surface area contributed by atoms with Crippen LogP contribution in [0.15, 0.2) is 22.7 Å². The van der Waals surface area contributed by atoms with Crippen molar-refractivity contribution in [2.24, 2.45) is 0 Å². The topological polar surface area (TPSA) is 58.0 Å². The molecule has 0 aliphatic rings. The van der Waals surface area contributed by atoms with Gasteiger partial charge in [-0.05, 0) is 31.5 Å². The van der Waals surface area contributed by atoms with Gasteiger partial charge in [0.05, 0.1) is 6.04 Å². The molecule has 1 aromatic heterocycles. The standard InChI is InChI=1S/C12H14BrN3OS/c1-3-10(14-12-16-15-7(2)18-12)9-6-8(13)4-5-11(9)17/h4-6,10,17H,3H2,1-2H3,(H,14,16). The molecule has 6 heteroatoms. The van der Waals surface area contributed by atoms with Gasteiger partial charge in [-0.1, -0.05) is 34.2 Å². The third kappa shape index (κ3) is 3.00. The smallest absolute Gasteiger partial charge is 0.206 e. The summed E-state index contributed by atoms with van der Waals surface area (Å²) in [6.45, 7) is 3.98. The van der Waals surface area contributed by atoms with E-state index in [0.29, 0.717) is 5.75 Å². The molecule has 0 radical (unpaired) electrons. The molecule has 2 aromatic rings. The molecule has 0 saturated heterocycles. The zero-order valence-corrected chi connectivity index (χ0v) is 12.5. The molecule has 0 fully saturated rings. The van der Waals surface area contributed by atoms with E-state index in [1.54, 1.807) is 6.07 Å². The average molecular weight is 328 g/mol. The van der Waals surface area contributed by atoms with Gasteiger partial charge in [-0.3, -0.25) is 0 Å². The van der Waals surface area contributed by atoms with Crippen LogP contribution in [-0.2, 0) is 0 Å². The molecule has 4 nitrogen and oxygen atoms in total. The fourth-order valence-corrected chi connectivity index (χ4v) is 2.73. The molecule has 2 N–H and O–H groups in total. The Kier molecular flexibility index (Phi) is 4.19. The maximum absolute atomic E-state index is 9.93. The first kappa shape index (κ1) is 13.3. The van der Waals surface area contributed by atoms with Crippen LogP contribution in [0.25, 0.3) is 0 Å². The SMILES string of the molecule is CCC(Nc1nnc(C)s1)c1cc(Br)ccc1O. The van der Waals surface area contributed by atoms with E-state index >= 15 is 0 Å². The summed E-state index contributed by atoms with van der Waals surface area (Å²) in [6, 6.07) is 5.45. The van der Waals surface area contributed by atoms with Crippen LogP contribution < -0.4 is 5.32 Å². The molecular weight excluding hydrogens is 314 g/mol. The van der Waals surface area contributed by atoms with Crippen molar-refractivity contribution in [2.45, 2.75) is 26.3 Å². The Labute approximate surface area is 118 Å². The second kappa shape index (κ2) is 5.67. The number of aryl methyl sites for hydroxylation is 1. The molecular formula is C12H14BrN3OS. The fraction of sp³-hybridized carbons (Fsp3) is 0.333. The van der Waals surface area contributed by atoms with E-state index < -0.39 is 0 Å². The van der Waals surface area contributed by atoms with E-state index in [1.807, 2.05) is 19.1 Å². The first-order valence-corrected chi connectivity index (χ1v) is 7.26. The number of nitrogens with one attached hydrogen (secondary N) is 1. The largest absolute Gasteiger partial charge is 0.508 e. The highest BCUT2D eigenvalue weighted by Crippen LogP contribution is 2.32. The molecule has 0 bridgehead atoms. The van der Waals surface area contributed by atoms with Gasteiger partial charge in [-0.15, -0.1) is 10.2 Å². The van der Waals surface area contributed by atoms with Crippen LogP contribution in [0, 0.1) is 6.92 Å². The summed E-state index contributed by atoms with van der Waals surface area (Å²) in [7, 11) is 0. The van der Waals surface area contributed by atoms with E-state index in [9.17, 15) is 5.11 Å². The van der Waals surface area contributed by atoms with Gasteiger partial charge in [0.2, 0.25) is 5.13 Å². The molecule has 0 aliphatic heterocycles. The maximum Gasteiger partial charge on any atom is 0.206 e. The Hall–Kier alpha value is -1.14. The van der Waals surface area contributed by atoms with Gasteiger partial charge in [-0.2, -0.15) is 0 Å². The molecule has 1 atom stereocenters. The van der Waals surface area contributed by atoms with Crippen LogP contribution in [0.4, 0.5) is 5.13 Å². The minimum absolute atomic E-state index is 0.0230. The molecule has 18 heavy (non-hydrogen) atoms. The second-order valence-electron chi connectivity index (χ2n) is 3.93. The Bertz CT molecular complexity index is 544. The lowest BCUT2D eigenvalue weighted by Gasteiger charge is -2.17. The summed E-state index contributed by atoms with van der Waals surface area (Å²) < 4.78 is 0.948. The van der Waals surface area contributed by atoms with Crippen molar-refractivity contribution in [3.8, 4) is 5.75 Å². The minimum atomic E-state index is 0.0230. The highest BCUT2D eigenvalue weighted by Gasteiger charge is 2.15. The molecule has 0 saturated carbocycles. The minimum Gasteiger partial charge on any atom is -0.508 e. The summed E-state index contributed by atoms with van der Waals surface area (Å²) in [5.41, 5.74) is 0.861. The third-order valence-electron chi connectivity index (χ3n) is 2.60. The van der Waals surface area contributed by atoms with Crippen molar-refractivity contribution >= 4 is 32.4 Å². The quantitative estimate of drug-likeness (QED) is 0.894. The lowest BCUT2D eigenvalue weighted by molar-refractivity contribution is 0.462. The lowest BCUT2D eigenvalue weighted by Crippen LogP contribution is -2.09. The third-order valence-corrected chi connectivity index (χ3v) is 3.86. The summed E-state index contributed by atoms with van der Waals surface area (Å²) in [5, 5.41) is 22.9. The Morgan fingerprint density at radius 2 is 2.22 bits per heavy atom. The number of aromatic nitrogens is 2. The molecule has 96 valence electrons. The predicted octanol–water partition coefficient (Wildman–Crippen LogP) is 3.88. The number of phenols is 1. The Balaban J connectivity index is 2.25. The predicted molar refractivity (Wildman–Crippen MR) is 77.1 cm³/mol. The maximum atomic E-state index is 9.93. The van der Waals surface area contributed by atoms with Crippen molar-refractivity contribution in [3.63, 3.8) is 0 Å². The monoisotopic (exact) mass is 327 g/mol. The van der Waals surface area contributed by atoms with Gasteiger partial charge >= 0.3 is 0 Å². The zero-order chi connectivity index (χ0) is 13.1. The second-order valence-corrected chi connectivity index (χ2v) is 6.03. The zero-order valence-electron chi connectivity index (χ0n) is 10.1. The summed E-state index contributed by atoms with van der Waals surface area (Å²) in [4.78, 5) is 0. The highest BCUT2D eigenvalue weighted by molar-refractivity contribution is 9.10. The number of phenolic OH excluding ortho intramolecular Hbond substituents is 1. The molecule has 1 aromatic carbocycles. The van der Waals surface area contributed by atoms with E-state index in [2.05, 4.69) is 38.4 Å². The van der Waals surface area contributed by atoms with Crippen LogP contribution in [0.5, 0.6) is 5.75 Å². The van der Waals surface area contributed by atoms with Gasteiger partial charge in [0.1, 0.15) is 10.8 Å². The molecule has 0 amide bonds. The van der Waals surface area contributed by atoms with Crippen molar-refractivity contribution in [3.05, 3.63) is 33.2 Å². The number of halogens is 1. The van der Waals surface area contributed by atoms with E-state index in [1.165, 1.54) is 11.3 Å². The van der Waals surface area contributed by atoms with Crippen molar-refractivity contribution < 1.29 is 5.11 Å². The molecule has 1 heterocycles. The number of anilines is 1. The van der Waals surface area contributed by atoms with Crippen LogP contribution >= 0.6 is 27.3 Å². The van der Waals surface area contributed by atoms with E-state index in [4.69, 9.17) is 0 Å². The van der Waals surface area contributed by atoms with Gasteiger partial charge in [0, 0.05) is 10.0 Å². The summed E-state index contributed by atoms with van der Waals surface area (Å²) >= 11 is 4.93. The van der Waals surface area contributed by atoms with Crippen LogP contribution in [0.2, 0.25) is 0 Å². The van der Waals surface area contributed by atoms with Gasteiger partial charge in [0.25, 0.3) is 0 Å². The molecule has 0 spiro atoms. The van der Waals surface area contributed by atoms with Crippen molar-refractivity contribution in [1.82, 2.24) is 10.2 Å². The fourth-order valence-electron chi connectivity index (χ4n) is 1.71. The summed E-state index contributed by atoms with van der Waals surface area (Å²) in [5.74, 6) is 0.291. The average Bonchev–Trinajstić information content (AvgIpc) is 2.75. The number of hydrogen-bond acceptors (Lipinski definition) is 5. The van der Waals surface area contributed by atoms with Crippen molar-refractivity contribution in [1.29, 1.82) is 0 Å². The number of benzene rings is 1. The normalized spacial score (nSPS) is 12.4.